The number of nitrogens with two attached hydrogens (primary N) is 1. The lowest BCUT2D eigenvalue weighted by Gasteiger charge is -2.27. The molecule has 0 bridgehead atoms. The maximum atomic E-state index is 11.0. The first-order valence-corrected chi connectivity index (χ1v) is 6.20. The van der Waals surface area contributed by atoms with Crippen LogP contribution in [0, 0.1) is 0 Å². The highest BCUT2D eigenvalue weighted by atomic mass is 16.4. The molecule has 1 aromatic rings. The molecule has 1 saturated carbocycles. The fourth-order valence-corrected chi connectivity index (χ4v) is 2.37. The van der Waals surface area contributed by atoms with Gasteiger partial charge in [0, 0.05) is 6.04 Å². The number of aliphatic carboxylic acids is 1. The lowest BCUT2D eigenvalue weighted by molar-refractivity contribution is -0.135. The average molecular weight is 264 g/mol. The van der Waals surface area contributed by atoms with Crippen molar-refractivity contribution < 1.29 is 14.7 Å². The molecule has 0 aromatic carbocycles. The molecule has 1 heterocycles. The molecule has 7 heteroatoms. The van der Waals surface area contributed by atoms with Gasteiger partial charge in [-0.25, -0.2) is 0 Å². The molecule has 0 spiro atoms. The van der Waals surface area contributed by atoms with Crippen LogP contribution in [0.3, 0.4) is 0 Å². The quantitative estimate of drug-likeness (QED) is 0.797. The number of hydrogen-bond acceptors (Lipinski definition) is 5. The number of aromatic nitrogens is 2. The maximum absolute atomic E-state index is 11.0. The van der Waals surface area contributed by atoms with E-state index in [0.29, 0.717) is 5.82 Å². The van der Waals surface area contributed by atoms with Crippen LogP contribution in [-0.2, 0) is 4.79 Å². The van der Waals surface area contributed by atoms with E-state index in [4.69, 9.17) is 10.8 Å². The van der Waals surface area contributed by atoms with E-state index in [-0.39, 0.29) is 18.3 Å². The molecular weight excluding hydrogens is 248 g/mol. The van der Waals surface area contributed by atoms with Gasteiger partial charge < -0.3 is 15.7 Å². The minimum absolute atomic E-state index is 0.0745. The van der Waals surface area contributed by atoms with Crippen LogP contribution in [0.25, 0.3) is 0 Å². The summed E-state index contributed by atoms with van der Waals surface area (Å²) in [5.41, 5.74) is 5.17. The highest BCUT2D eigenvalue weighted by Crippen LogP contribution is 2.26. The van der Waals surface area contributed by atoms with Crippen LogP contribution >= 0.6 is 0 Å². The topological polar surface area (TPSA) is 109 Å². The Hall–Kier alpha value is -2.18. The number of carbonyl (C=O) groups excluding carboxylic acids is 1. The van der Waals surface area contributed by atoms with E-state index in [2.05, 4.69) is 10.2 Å². The van der Waals surface area contributed by atoms with E-state index >= 15 is 0 Å². The fraction of sp³-hybridized carbons (Fsp3) is 0.500. The first-order valence-electron chi connectivity index (χ1n) is 6.20. The molecule has 1 aliphatic carbocycles. The number of nitrogens with zero attached hydrogens (tertiary/aromatic N) is 3. The van der Waals surface area contributed by atoms with E-state index in [1.165, 1.54) is 6.07 Å². The lowest BCUT2D eigenvalue weighted by atomic mass is 10.2. The summed E-state index contributed by atoms with van der Waals surface area (Å²) in [4.78, 5) is 23.6. The third-order valence-corrected chi connectivity index (χ3v) is 3.27. The number of anilines is 1. The Morgan fingerprint density at radius 2 is 2.00 bits per heavy atom. The summed E-state index contributed by atoms with van der Waals surface area (Å²) in [7, 11) is 0. The summed E-state index contributed by atoms with van der Waals surface area (Å²) in [5, 5.41) is 16.6. The molecule has 0 unspecified atom stereocenters. The summed E-state index contributed by atoms with van der Waals surface area (Å²) >= 11 is 0. The van der Waals surface area contributed by atoms with Crippen LogP contribution in [0.1, 0.15) is 36.2 Å². The predicted octanol–water partition coefficient (Wildman–Crippen LogP) is 0.409. The van der Waals surface area contributed by atoms with Gasteiger partial charge in [-0.15, -0.1) is 10.2 Å². The summed E-state index contributed by atoms with van der Waals surface area (Å²) in [6.45, 7) is -0.116. The van der Waals surface area contributed by atoms with Crippen molar-refractivity contribution >= 4 is 17.7 Å². The number of primary amides is 1. The van der Waals surface area contributed by atoms with Gasteiger partial charge in [0.15, 0.2) is 11.5 Å². The van der Waals surface area contributed by atoms with Crippen molar-refractivity contribution in [2.24, 2.45) is 5.73 Å². The van der Waals surface area contributed by atoms with Gasteiger partial charge in [-0.1, -0.05) is 12.8 Å². The first kappa shape index (κ1) is 13.3. The molecule has 0 radical (unpaired) electrons. The smallest absolute Gasteiger partial charge is 0.323 e. The van der Waals surface area contributed by atoms with E-state index in [0.717, 1.165) is 25.7 Å². The molecule has 0 saturated heterocycles. The molecule has 1 aliphatic rings. The van der Waals surface area contributed by atoms with Crippen molar-refractivity contribution in [3.63, 3.8) is 0 Å². The van der Waals surface area contributed by atoms with Crippen LogP contribution in [0.2, 0.25) is 0 Å². The Morgan fingerprint density at radius 1 is 1.32 bits per heavy atom. The van der Waals surface area contributed by atoms with Crippen molar-refractivity contribution in [1.82, 2.24) is 10.2 Å². The Bertz CT molecular complexity index is 468. The van der Waals surface area contributed by atoms with Gasteiger partial charge >= 0.3 is 5.97 Å². The van der Waals surface area contributed by atoms with Crippen LogP contribution < -0.4 is 10.6 Å². The van der Waals surface area contributed by atoms with Gasteiger partial charge in [0.2, 0.25) is 0 Å². The van der Waals surface area contributed by atoms with Crippen molar-refractivity contribution in [1.29, 1.82) is 0 Å². The molecule has 2 rings (SSSR count). The number of amides is 1. The molecule has 0 aliphatic heterocycles. The fourth-order valence-electron chi connectivity index (χ4n) is 2.37. The third-order valence-electron chi connectivity index (χ3n) is 3.27. The zero-order valence-corrected chi connectivity index (χ0v) is 10.5. The molecule has 1 amide bonds. The zero-order chi connectivity index (χ0) is 13.8. The van der Waals surface area contributed by atoms with Crippen molar-refractivity contribution in [2.45, 2.75) is 31.7 Å². The monoisotopic (exact) mass is 264 g/mol. The van der Waals surface area contributed by atoms with Crippen LogP contribution in [0.4, 0.5) is 5.82 Å². The Morgan fingerprint density at radius 3 is 2.47 bits per heavy atom. The highest BCUT2D eigenvalue weighted by molar-refractivity contribution is 5.90. The highest BCUT2D eigenvalue weighted by Gasteiger charge is 2.25. The van der Waals surface area contributed by atoms with Crippen molar-refractivity contribution in [3.8, 4) is 0 Å². The van der Waals surface area contributed by atoms with E-state index in [1.54, 1.807) is 11.0 Å². The summed E-state index contributed by atoms with van der Waals surface area (Å²) in [6, 6.07) is 3.23. The second-order valence-electron chi connectivity index (χ2n) is 4.60. The van der Waals surface area contributed by atoms with Gasteiger partial charge in [0.25, 0.3) is 5.91 Å². The maximum Gasteiger partial charge on any atom is 0.323 e. The molecule has 102 valence electrons. The van der Waals surface area contributed by atoms with E-state index < -0.39 is 11.9 Å². The number of carbonyl (C=O) groups is 2. The van der Waals surface area contributed by atoms with E-state index in [1.807, 2.05) is 0 Å². The molecule has 19 heavy (non-hydrogen) atoms. The minimum Gasteiger partial charge on any atom is -0.480 e. The largest absolute Gasteiger partial charge is 0.480 e. The van der Waals surface area contributed by atoms with Crippen LogP contribution in [0.15, 0.2) is 12.1 Å². The average Bonchev–Trinajstić information content (AvgIpc) is 2.89. The first-order chi connectivity index (χ1) is 9.08. The standard InChI is InChI=1S/C12H16N4O3/c13-12(19)9-5-6-10(15-14-9)16(7-11(17)18)8-3-1-2-4-8/h5-6,8H,1-4,7H2,(H2,13,19)(H,17,18). The second kappa shape index (κ2) is 5.64. The van der Waals surface area contributed by atoms with Crippen LogP contribution in [0.5, 0.6) is 0 Å². The molecule has 3 N–H and O–H groups in total. The number of carboxylic acid groups (broad SMARTS) is 1. The number of carboxylic acids is 1. The minimum atomic E-state index is -0.910. The van der Waals surface area contributed by atoms with Crippen molar-refractivity contribution in [3.05, 3.63) is 17.8 Å². The molecular formula is C12H16N4O3. The number of hydrogen-bond donors (Lipinski definition) is 2. The van der Waals surface area contributed by atoms with Crippen molar-refractivity contribution in [2.75, 3.05) is 11.4 Å². The van der Waals surface area contributed by atoms with Gasteiger partial charge in [-0.05, 0) is 25.0 Å². The van der Waals surface area contributed by atoms with Gasteiger partial charge in [0.05, 0.1) is 0 Å². The molecule has 1 aromatic heterocycles. The van der Waals surface area contributed by atoms with Gasteiger partial charge in [-0.2, -0.15) is 0 Å². The molecule has 7 nitrogen and oxygen atoms in total. The Balaban J connectivity index is 2.21. The molecule has 1 fully saturated rings. The lowest BCUT2D eigenvalue weighted by Crippen LogP contribution is -2.38. The zero-order valence-electron chi connectivity index (χ0n) is 10.5. The summed E-state index contributed by atoms with van der Waals surface area (Å²) in [6.07, 6.45) is 4.08. The molecule has 0 atom stereocenters. The van der Waals surface area contributed by atoms with Crippen LogP contribution in [-0.4, -0.2) is 39.8 Å². The number of rotatable bonds is 5. The van der Waals surface area contributed by atoms with E-state index in [9.17, 15) is 9.59 Å². The predicted molar refractivity (Wildman–Crippen MR) is 67.8 cm³/mol. The Labute approximate surface area is 110 Å². The third kappa shape index (κ3) is 3.18. The normalized spacial score (nSPS) is 15.4. The second-order valence-corrected chi connectivity index (χ2v) is 4.60. The Kier molecular flexibility index (Phi) is 3.94. The van der Waals surface area contributed by atoms with Gasteiger partial charge in [0.1, 0.15) is 6.54 Å². The summed E-state index contributed by atoms with van der Waals surface area (Å²) < 4.78 is 0. The SMILES string of the molecule is NC(=O)c1ccc(N(CC(=O)O)C2CCCC2)nn1. The van der Waals surface area contributed by atoms with Gasteiger partial charge in [-0.3, -0.25) is 9.59 Å². The summed E-state index contributed by atoms with van der Waals surface area (Å²) in [5.74, 6) is -1.09.